The van der Waals surface area contributed by atoms with E-state index in [2.05, 4.69) is 21.4 Å². The molecule has 2 aromatic rings. The monoisotopic (exact) mass is 198 g/mol. The van der Waals surface area contributed by atoms with Gasteiger partial charge in [-0.05, 0) is 24.3 Å². The molecule has 2 heterocycles. The van der Waals surface area contributed by atoms with Gasteiger partial charge in [0.15, 0.2) is 0 Å². The number of amides is 1. The van der Waals surface area contributed by atoms with Crippen LogP contribution in [0.2, 0.25) is 0 Å². The smallest absolute Gasteiger partial charge is 0.258 e. The zero-order valence-corrected chi connectivity index (χ0v) is 7.84. The number of aromatic nitrogens is 2. The van der Waals surface area contributed by atoms with E-state index in [4.69, 9.17) is 0 Å². The van der Waals surface area contributed by atoms with Crippen molar-refractivity contribution in [2.24, 2.45) is 0 Å². The van der Waals surface area contributed by atoms with Gasteiger partial charge in [-0.2, -0.15) is 0 Å². The average molecular weight is 198 g/mol. The zero-order chi connectivity index (χ0) is 10.5. The van der Waals surface area contributed by atoms with Crippen molar-refractivity contribution in [1.29, 1.82) is 0 Å². The number of nitrogens with zero attached hydrogens (tertiary/aromatic N) is 2. The van der Waals surface area contributed by atoms with Crippen LogP contribution in [0.4, 0.5) is 5.82 Å². The van der Waals surface area contributed by atoms with Crippen LogP contribution in [-0.2, 0) is 0 Å². The summed E-state index contributed by atoms with van der Waals surface area (Å²) in [5, 5.41) is 2.61. The van der Waals surface area contributed by atoms with Crippen LogP contribution in [0, 0.1) is 6.07 Å². The predicted octanol–water partition coefficient (Wildman–Crippen LogP) is 1.53. The molecule has 0 aromatic carbocycles. The van der Waals surface area contributed by atoms with E-state index in [1.54, 1.807) is 36.7 Å². The Morgan fingerprint density at radius 2 is 2.27 bits per heavy atom. The Labute approximate surface area is 87.0 Å². The third-order valence-corrected chi connectivity index (χ3v) is 1.76. The Hall–Kier alpha value is -2.23. The van der Waals surface area contributed by atoms with Crippen molar-refractivity contribution >= 4 is 11.7 Å². The molecule has 0 saturated carbocycles. The Bertz CT molecular complexity index is 442. The molecule has 0 spiro atoms. The molecule has 4 nitrogen and oxygen atoms in total. The third kappa shape index (κ3) is 2.37. The molecular formula is C11H8N3O. The van der Waals surface area contributed by atoms with E-state index >= 15 is 0 Å². The van der Waals surface area contributed by atoms with Crippen LogP contribution < -0.4 is 5.32 Å². The van der Waals surface area contributed by atoms with Gasteiger partial charge in [0.05, 0.1) is 5.56 Å². The lowest BCUT2D eigenvalue weighted by Crippen LogP contribution is -2.12. The van der Waals surface area contributed by atoms with Crippen LogP contribution in [-0.4, -0.2) is 15.9 Å². The lowest BCUT2D eigenvalue weighted by molar-refractivity contribution is 0.102. The van der Waals surface area contributed by atoms with Crippen molar-refractivity contribution in [2.75, 3.05) is 5.32 Å². The van der Waals surface area contributed by atoms with Gasteiger partial charge in [-0.1, -0.05) is 0 Å². The fraction of sp³-hybridized carbons (Fsp3) is 0. The summed E-state index contributed by atoms with van der Waals surface area (Å²) in [7, 11) is 0. The Balaban J connectivity index is 2.12. The molecule has 0 aliphatic carbocycles. The summed E-state index contributed by atoms with van der Waals surface area (Å²) < 4.78 is 0. The lowest BCUT2D eigenvalue weighted by Gasteiger charge is -2.02. The molecular weight excluding hydrogens is 190 g/mol. The van der Waals surface area contributed by atoms with E-state index in [0.717, 1.165) is 0 Å². The molecule has 0 unspecified atom stereocenters. The van der Waals surface area contributed by atoms with Crippen LogP contribution in [0.15, 0.2) is 42.9 Å². The average Bonchev–Trinajstić information content (AvgIpc) is 2.31. The van der Waals surface area contributed by atoms with Crippen molar-refractivity contribution in [3.05, 3.63) is 54.5 Å². The minimum absolute atomic E-state index is 0.238. The first kappa shape index (κ1) is 9.33. The van der Waals surface area contributed by atoms with Gasteiger partial charge in [-0.3, -0.25) is 9.78 Å². The number of rotatable bonds is 2. The van der Waals surface area contributed by atoms with E-state index in [1.165, 1.54) is 6.20 Å². The van der Waals surface area contributed by atoms with Crippen molar-refractivity contribution < 1.29 is 4.79 Å². The number of carbonyl (C=O) groups is 1. The van der Waals surface area contributed by atoms with E-state index in [0.29, 0.717) is 11.4 Å². The first-order valence-electron chi connectivity index (χ1n) is 4.40. The highest BCUT2D eigenvalue weighted by atomic mass is 16.1. The van der Waals surface area contributed by atoms with Gasteiger partial charge in [0.25, 0.3) is 5.91 Å². The van der Waals surface area contributed by atoms with E-state index in [9.17, 15) is 4.79 Å². The second kappa shape index (κ2) is 4.32. The molecule has 0 fully saturated rings. The van der Waals surface area contributed by atoms with Crippen LogP contribution in [0.5, 0.6) is 0 Å². The van der Waals surface area contributed by atoms with Gasteiger partial charge < -0.3 is 5.32 Å². The topological polar surface area (TPSA) is 54.9 Å². The molecule has 1 radical (unpaired) electrons. The highest BCUT2D eigenvalue weighted by molar-refractivity contribution is 6.03. The summed E-state index contributed by atoms with van der Waals surface area (Å²) in [6.07, 6.45) is 4.71. The number of anilines is 1. The summed E-state index contributed by atoms with van der Waals surface area (Å²) in [6, 6.07) is 9.62. The van der Waals surface area contributed by atoms with Gasteiger partial charge in [0, 0.05) is 24.7 Å². The van der Waals surface area contributed by atoms with Gasteiger partial charge in [-0.15, -0.1) is 0 Å². The highest BCUT2D eigenvalue weighted by Crippen LogP contribution is 2.03. The fourth-order valence-electron chi connectivity index (χ4n) is 1.07. The number of nitrogens with one attached hydrogen (secondary N) is 1. The third-order valence-electron chi connectivity index (χ3n) is 1.76. The molecule has 1 N–H and O–H groups in total. The Kier molecular flexibility index (Phi) is 2.69. The molecule has 2 aromatic heterocycles. The summed E-state index contributed by atoms with van der Waals surface area (Å²) in [4.78, 5) is 19.4. The maximum absolute atomic E-state index is 11.6. The minimum Gasteiger partial charge on any atom is -0.306 e. The normalized spacial score (nSPS) is 9.60. The van der Waals surface area contributed by atoms with Gasteiger partial charge in [0.1, 0.15) is 5.82 Å². The van der Waals surface area contributed by atoms with E-state index in [-0.39, 0.29) is 5.91 Å². The van der Waals surface area contributed by atoms with Crippen LogP contribution in [0.3, 0.4) is 0 Å². The molecule has 0 atom stereocenters. The summed E-state index contributed by atoms with van der Waals surface area (Å²) >= 11 is 0. The first-order valence-corrected chi connectivity index (χ1v) is 4.40. The quantitative estimate of drug-likeness (QED) is 0.796. The standard InChI is InChI=1S/C11H8N3O/c15-11(9-4-3-6-12-8-9)14-10-5-1-2-7-13-10/h1-4,6-8H,(H,13,14,15). The fourth-order valence-corrected chi connectivity index (χ4v) is 1.07. The van der Waals surface area contributed by atoms with E-state index < -0.39 is 0 Å². The van der Waals surface area contributed by atoms with Crippen LogP contribution in [0.25, 0.3) is 0 Å². The Morgan fingerprint density at radius 1 is 1.33 bits per heavy atom. The number of pyridine rings is 2. The first-order chi connectivity index (χ1) is 7.36. The van der Waals surface area contributed by atoms with Crippen molar-refractivity contribution in [2.45, 2.75) is 0 Å². The summed E-state index contributed by atoms with van der Waals surface area (Å²) in [6.45, 7) is 0. The molecule has 73 valence electrons. The van der Waals surface area contributed by atoms with Crippen LogP contribution in [0.1, 0.15) is 10.4 Å². The number of hydrogen-bond acceptors (Lipinski definition) is 3. The summed E-state index contributed by atoms with van der Waals surface area (Å²) in [5.41, 5.74) is 0.497. The molecule has 0 bridgehead atoms. The van der Waals surface area contributed by atoms with Gasteiger partial charge in [0.2, 0.25) is 0 Å². The van der Waals surface area contributed by atoms with Crippen molar-refractivity contribution in [1.82, 2.24) is 9.97 Å². The van der Waals surface area contributed by atoms with Crippen molar-refractivity contribution in [3.8, 4) is 0 Å². The zero-order valence-electron chi connectivity index (χ0n) is 7.84. The minimum atomic E-state index is -0.238. The molecule has 0 aliphatic rings. The Morgan fingerprint density at radius 3 is 2.93 bits per heavy atom. The molecule has 0 saturated heterocycles. The SMILES string of the molecule is O=C(Nc1[c]cccn1)c1cccnc1. The second-order valence-corrected chi connectivity index (χ2v) is 2.83. The van der Waals surface area contributed by atoms with Gasteiger partial charge in [-0.25, -0.2) is 4.98 Å². The molecule has 0 aliphatic heterocycles. The lowest BCUT2D eigenvalue weighted by atomic mass is 10.3. The van der Waals surface area contributed by atoms with Gasteiger partial charge >= 0.3 is 0 Å². The predicted molar refractivity (Wildman–Crippen MR) is 55.3 cm³/mol. The van der Waals surface area contributed by atoms with Crippen molar-refractivity contribution in [3.63, 3.8) is 0 Å². The number of hydrogen-bond donors (Lipinski definition) is 1. The summed E-state index contributed by atoms with van der Waals surface area (Å²) in [5.74, 6) is 0.171. The molecule has 4 heteroatoms. The van der Waals surface area contributed by atoms with E-state index in [1.807, 2.05) is 0 Å². The highest BCUT2D eigenvalue weighted by Gasteiger charge is 2.05. The largest absolute Gasteiger partial charge is 0.306 e. The molecule has 2 rings (SSSR count). The maximum atomic E-state index is 11.6. The second-order valence-electron chi connectivity index (χ2n) is 2.83. The maximum Gasteiger partial charge on any atom is 0.258 e. The van der Waals surface area contributed by atoms with Crippen LogP contribution >= 0.6 is 0 Å². The molecule has 15 heavy (non-hydrogen) atoms. The number of carbonyl (C=O) groups excluding carboxylic acids is 1. The molecule has 1 amide bonds.